The van der Waals surface area contributed by atoms with Crippen LogP contribution in [0.2, 0.25) is 0 Å². The van der Waals surface area contributed by atoms with Crippen molar-refractivity contribution in [3.05, 3.63) is 65.2 Å². The lowest BCUT2D eigenvalue weighted by Crippen LogP contribution is -2.28. The van der Waals surface area contributed by atoms with E-state index >= 15 is 0 Å². The Morgan fingerprint density at radius 3 is 2.45 bits per heavy atom. The van der Waals surface area contributed by atoms with Crippen LogP contribution < -0.4 is 10.1 Å². The van der Waals surface area contributed by atoms with E-state index in [2.05, 4.69) is 19.2 Å². The molecule has 6 heteroatoms. The number of carbonyl (C=O) groups excluding carboxylic acids is 2. The zero-order valence-electron chi connectivity index (χ0n) is 17.9. The molecule has 1 aliphatic rings. The van der Waals surface area contributed by atoms with Crippen molar-refractivity contribution in [2.24, 2.45) is 0 Å². The Balaban J connectivity index is 1.57. The van der Waals surface area contributed by atoms with Gasteiger partial charge in [-0.05, 0) is 54.2 Å². The number of amides is 2. The first-order valence-corrected chi connectivity index (χ1v) is 10.5. The van der Waals surface area contributed by atoms with Crippen LogP contribution in [0.4, 0.5) is 5.69 Å². The van der Waals surface area contributed by atoms with Gasteiger partial charge in [-0.25, -0.2) is 0 Å². The summed E-state index contributed by atoms with van der Waals surface area (Å²) in [6, 6.07) is 16.7. The summed E-state index contributed by atoms with van der Waals surface area (Å²) in [5.74, 6) is 0.376. The average molecular weight is 418 g/mol. The highest BCUT2D eigenvalue weighted by atomic mass is 16.5. The Kier molecular flexibility index (Phi) is 7.45. The summed E-state index contributed by atoms with van der Waals surface area (Å²) < 4.78 is 5.58. The second-order valence-corrected chi connectivity index (χ2v) is 7.82. The number of likely N-dealkylation sites (tertiary alicyclic amines) is 1. The molecular weight excluding hydrogens is 390 g/mol. The standard InChI is InChI=1S/C25H27N3O3/c1-18(2)22-7-3-4-8-23(22)27-24(29)17-31-21-11-9-19(10-12-21)15-20(16-26)25(30)28-13-5-6-14-28/h3-4,7-12,15,18H,5-6,13-14,17H2,1-2H3,(H,27,29)/b20-15+. The molecule has 2 aromatic carbocycles. The molecule has 0 aromatic heterocycles. The normalized spacial score (nSPS) is 13.7. The lowest BCUT2D eigenvalue weighted by atomic mass is 10.0. The third kappa shape index (κ3) is 5.95. The number of para-hydroxylation sites is 1. The number of benzene rings is 2. The van der Waals surface area contributed by atoms with E-state index in [0.717, 1.165) is 29.7 Å². The molecule has 31 heavy (non-hydrogen) atoms. The summed E-state index contributed by atoms with van der Waals surface area (Å²) >= 11 is 0. The Labute approximate surface area is 183 Å². The van der Waals surface area contributed by atoms with E-state index in [0.29, 0.717) is 24.8 Å². The predicted octanol–water partition coefficient (Wildman–Crippen LogP) is 4.36. The fraction of sp³-hybridized carbons (Fsp3) is 0.320. The van der Waals surface area contributed by atoms with E-state index in [-0.39, 0.29) is 24.0 Å². The molecular formula is C25H27N3O3. The maximum Gasteiger partial charge on any atom is 0.264 e. The smallest absolute Gasteiger partial charge is 0.264 e. The van der Waals surface area contributed by atoms with Gasteiger partial charge in [0.05, 0.1) is 0 Å². The highest BCUT2D eigenvalue weighted by Crippen LogP contribution is 2.23. The van der Waals surface area contributed by atoms with Crippen LogP contribution in [-0.4, -0.2) is 36.4 Å². The Bertz CT molecular complexity index is 997. The Morgan fingerprint density at radius 2 is 1.81 bits per heavy atom. The van der Waals surface area contributed by atoms with E-state index < -0.39 is 0 Å². The summed E-state index contributed by atoms with van der Waals surface area (Å²) in [5.41, 5.74) is 2.72. The van der Waals surface area contributed by atoms with Crippen molar-refractivity contribution in [3.8, 4) is 11.8 Å². The van der Waals surface area contributed by atoms with E-state index in [1.165, 1.54) is 0 Å². The van der Waals surface area contributed by atoms with Gasteiger partial charge in [0.25, 0.3) is 11.8 Å². The third-order valence-electron chi connectivity index (χ3n) is 5.16. The van der Waals surface area contributed by atoms with Gasteiger partial charge in [-0.3, -0.25) is 9.59 Å². The summed E-state index contributed by atoms with van der Waals surface area (Å²) in [6.45, 7) is 5.45. The minimum atomic E-state index is -0.236. The van der Waals surface area contributed by atoms with E-state index in [1.807, 2.05) is 30.3 Å². The molecule has 6 nitrogen and oxygen atoms in total. The van der Waals surface area contributed by atoms with Crippen LogP contribution in [0.15, 0.2) is 54.1 Å². The van der Waals surface area contributed by atoms with Crippen molar-refractivity contribution < 1.29 is 14.3 Å². The maximum absolute atomic E-state index is 12.4. The molecule has 1 fully saturated rings. The molecule has 0 spiro atoms. The number of ether oxygens (including phenoxy) is 1. The SMILES string of the molecule is CC(C)c1ccccc1NC(=O)COc1ccc(/C=C(\C#N)C(=O)N2CCCC2)cc1. The fourth-order valence-electron chi connectivity index (χ4n) is 3.51. The molecule has 0 saturated carbocycles. The molecule has 0 aliphatic carbocycles. The quantitative estimate of drug-likeness (QED) is 0.536. The minimum absolute atomic E-state index is 0.113. The van der Waals surface area contributed by atoms with Crippen LogP contribution >= 0.6 is 0 Å². The van der Waals surface area contributed by atoms with Crippen LogP contribution in [-0.2, 0) is 9.59 Å². The number of rotatable bonds is 7. The summed E-state index contributed by atoms with van der Waals surface area (Å²) in [4.78, 5) is 26.4. The van der Waals surface area contributed by atoms with Crippen molar-refractivity contribution in [2.75, 3.05) is 25.0 Å². The van der Waals surface area contributed by atoms with Crippen molar-refractivity contribution in [2.45, 2.75) is 32.6 Å². The highest BCUT2D eigenvalue weighted by molar-refractivity contribution is 6.01. The predicted molar refractivity (Wildman–Crippen MR) is 121 cm³/mol. The summed E-state index contributed by atoms with van der Waals surface area (Å²) in [5, 5.41) is 12.3. The van der Waals surface area contributed by atoms with Crippen molar-refractivity contribution in [1.29, 1.82) is 5.26 Å². The van der Waals surface area contributed by atoms with Gasteiger partial charge in [0.15, 0.2) is 6.61 Å². The van der Waals surface area contributed by atoms with Gasteiger partial charge in [0.1, 0.15) is 17.4 Å². The molecule has 160 valence electrons. The van der Waals surface area contributed by atoms with Crippen LogP contribution in [0, 0.1) is 11.3 Å². The molecule has 1 aliphatic heterocycles. The largest absolute Gasteiger partial charge is 0.484 e. The molecule has 1 saturated heterocycles. The van der Waals surface area contributed by atoms with Gasteiger partial charge < -0.3 is 15.0 Å². The zero-order chi connectivity index (χ0) is 22.2. The lowest BCUT2D eigenvalue weighted by molar-refractivity contribution is -0.125. The van der Waals surface area contributed by atoms with Crippen molar-refractivity contribution in [3.63, 3.8) is 0 Å². The second-order valence-electron chi connectivity index (χ2n) is 7.82. The van der Waals surface area contributed by atoms with Crippen LogP contribution in [0.5, 0.6) is 5.75 Å². The highest BCUT2D eigenvalue weighted by Gasteiger charge is 2.21. The van der Waals surface area contributed by atoms with Crippen LogP contribution in [0.1, 0.15) is 43.7 Å². The molecule has 0 radical (unpaired) electrons. The maximum atomic E-state index is 12.4. The monoisotopic (exact) mass is 417 g/mol. The number of hydrogen-bond acceptors (Lipinski definition) is 4. The lowest BCUT2D eigenvalue weighted by Gasteiger charge is -2.14. The second kappa shape index (κ2) is 10.4. The fourth-order valence-corrected chi connectivity index (χ4v) is 3.51. The minimum Gasteiger partial charge on any atom is -0.484 e. The topological polar surface area (TPSA) is 82.4 Å². The van der Waals surface area contributed by atoms with Crippen molar-refractivity contribution in [1.82, 2.24) is 4.90 Å². The molecule has 3 rings (SSSR count). The first-order chi connectivity index (χ1) is 15.0. The molecule has 1 heterocycles. The van der Waals surface area contributed by atoms with E-state index in [4.69, 9.17) is 4.74 Å². The van der Waals surface area contributed by atoms with Gasteiger partial charge in [-0.2, -0.15) is 5.26 Å². The first-order valence-electron chi connectivity index (χ1n) is 10.5. The molecule has 2 amide bonds. The Hall–Kier alpha value is -3.59. The van der Waals surface area contributed by atoms with Gasteiger partial charge in [0.2, 0.25) is 0 Å². The molecule has 0 unspecified atom stereocenters. The number of nitrogens with zero attached hydrogens (tertiary/aromatic N) is 2. The first kappa shape index (κ1) is 22.1. The number of nitriles is 1. The van der Waals surface area contributed by atoms with Crippen LogP contribution in [0.3, 0.4) is 0 Å². The van der Waals surface area contributed by atoms with Gasteiger partial charge in [-0.15, -0.1) is 0 Å². The molecule has 0 bridgehead atoms. The zero-order valence-corrected chi connectivity index (χ0v) is 17.9. The third-order valence-corrected chi connectivity index (χ3v) is 5.16. The number of anilines is 1. The van der Waals surface area contributed by atoms with E-state index in [1.54, 1.807) is 35.2 Å². The van der Waals surface area contributed by atoms with Crippen molar-refractivity contribution >= 4 is 23.6 Å². The van der Waals surface area contributed by atoms with Gasteiger partial charge in [0, 0.05) is 18.8 Å². The van der Waals surface area contributed by atoms with Gasteiger partial charge >= 0.3 is 0 Å². The summed E-state index contributed by atoms with van der Waals surface area (Å²) in [7, 11) is 0. The average Bonchev–Trinajstić information content (AvgIpc) is 3.31. The van der Waals surface area contributed by atoms with E-state index in [9.17, 15) is 14.9 Å². The number of carbonyl (C=O) groups is 2. The molecule has 1 N–H and O–H groups in total. The molecule has 0 atom stereocenters. The molecule has 2 aromatic rings. The van der Waals surface area contributed by atoms with Gasteiger partial charge in [-0.1, -0.05) is 44.2 Å². The Morgan fingerprint density at radius 1 is 1.13 bits per heavy atom. The number of nitrogens with one attached hydrogen (secondary N) is 1. The van der Waals surface area contributed by atoms with Crippen LogP contribution in [0.25, 0.3) is 6.08 Å². The number of hydrogen-bond donors (Lipinski definition) is 1. The summed E-state index contributed by atoms with van der Waals surface area (Å²) in [6.07, 6.45) is 3.54.